The fourth-order valence-corrected chi connectivity index (χ4v) is 3.26. The lowest BCUT2D eigenvalue weighted by Gasteiger charge is -2.14. The summed E-state index contributed by atoms with van der Waals surface area (Å²) in [5.74, 6) is 0.214. The van der Waals surface area contributed by atoms with Crippen molar-refractivity contribution in [3.8, 4) is 0 Å². The minimum absolute atomic E-state index is 0.134. The second kappa shape index (κ2) is 5.80. The quantitative estimate of drug-likeness (QED) is 0.576. The minimum Gasteiger partial charge on any atom is -0.383 e. The van der Waals surface area contributed by atoms with Crippen molar-refractivity contribution in [3.63, 3.8) is 0 Å². The van der Waals surface area contributed by atoms with Gasteiger partial charge in [-0.2, -0.15) is 9.97 Å². The van der Waals surface area contributed by atoms with E-state index in [2.05, 4.69) is 15.0 Å². The number of nitrogens with zero attached hydrogens (tertiary/aromatic N) is 3. The third kappa shape index (κ3) is 2.45. The number of rotatable bonds is 2. The Hall–Kier alpha value is -3.48. The highest BCUT2D eigenvalue weighted by atomic mass is 16.1. The number of nitrogens with one attached hydrogen (secondary N) is 1. The minimum atomic E-state index is -0.468. The van der Waals surface area contributed by atoms with E-state index in [0.717, 1.165) is 21.9 Å². The molecular weight excluding hydrogens is 330 g/mol. The Kier molecular flexibility index (Phi) is 3.57. The predicted molar refractivity (Wildman–Crippen MR) is 101 cm³/mol. The SMILES string of the molecule is Cc1ccc2c(c(N)nc(=O)n2Cc2nc(=O)[nH]c3ccccc23)c1C. The van der Waals surface area contributed by atoms with Crippen molar-refractivity contribution in [2.24, 2.45) is 0 Å². The molecule has 0 aliphatic rings. The molecule has 0 aliphatic carbocycles. The van der Waals surface area contributed by atoms with E-state index in [9.17, 15) is 9.59 Å². The van der Waals surface area contributed by atoms with Gasteiger partial charge < -0.3 is 10.7 Å². The van der Waals surface area contributed by atoms with Crippen molar-refractivity contribution in [1.82, 2.24) is 19.5 Å². The van der Waals surface area contributed by atoms with Gasteiger partial charge in [-0.25, -0.2) is 9.59 Å². The predicted octanol–water partition coefficient (Wildman–Crippen LogP) is 1.88. The van der Waals surface area contributed by atoms with Gasteiger partial charge in [-0.1, -0.05) is 24.3 Å². The number of aryl methyl sites for hydroxylation is 2. The van der Waals surface area contributed by atoms with Crippen LogP contribution in [0.15, 0.2) is 46.0 Å². The Bertz CT molecular complexity index is 1290. The van der Waals surface area contributed by atoms with Gasteiger partial charge in [-0.15, -0.1) is 0 Å². The molecule has 4 rings (SSSR count). The highest BCUT2D eigenvalue weighted by molar-refractivity contribution is 5.92. The lowest BCUT2D eigenvalue weighted by Crippen LogP contribution is -2.27. The second-order valence-corrected chi connectivity index (χ2v) is 6.30. The number of aromatic nitrogens is 4. The molecule has 0 radical (unpaired) electrons. The third-order valence-corrected chi connectivity index (χ3v) is 4.73. The van der Waals surface area contributed by atoms with E-state index in [1.165, 1.54) is 4.57 Å². The number of benzene rings is 2. The molecule has 2 heterocycles. The van der Waals surface area contributed by atoms with Crippen LogP contribution >= 0.6 is 0 Å². The van der Waals surface area contributed by atoms with Crippen LogP contribution in [0.4, 0.5) is 5.82 Å². The summed E-state index contributed by atoms with van der Waals surface area (Å²) in [7, 11) is 0. The van der Waals surface area contributed by atoms with Crippen LogP contribution in [0.25, 0.3) is 21.8 Å². The smallest absolute Gasteiger partial charge is 0.350 e. The van der Waals surface area contributed by atoms with Crippen LogP contribution in [0.3, 0.4) is 0 Å². The van der Waals surface area contributed by atoms with Crippen molar-refractivity contribution in [1.29, 1.82) is 0 Å². The van der Waals surface area contributed by atoms with Gasteiger partial charge in [0.15, 0.2) is 0 Å². The number of hydrogen-bond donors (Lipinski definition) is 2. The summed E-state index contributed by atoms with van der Waals surface area (Å²) in [6, 6.07) is 11.2. The first-order valence-electron chi connectivity index (χ1n) is 8.20. The zero-order valence-electron chi connectivity index (χ0n) is 14.4. The van der Waals surface area contributed by atoms with Gasteiger partial charge in [-0.05, 0) is 37.1 Å². The average Bonchev–Trinajstić information content (AvgIpc) is 2.60. The highest BCUT2D eigenvalue weighted by Gasteiger charge is 2.14. The third-order valence-electron chi connectivity index (χ3n) is 4.73. The number of hydrogen-bond acceptors (Lipinski definition) is 5. The molecule has 0 spiro atoms. The molecule has 3 N–H and O–H groups in total. The Labute approximate surface area is 148 Å². The molecule has 0 amide bonds. The number of nitrogens with two attached hydrogens (primary N) is 1. The van der Waals surface area contributed by atoms with Gasteiger partial charge in [0.05, 0.1) is 23.3 Å². The first kappa shape index (κ1) is 16.0. The Balaban J connectivity index is 2.02. The molecule has 0 saturated heterocycles. The molecule has 0 atom stereocenters. The monoisotopic (exact) mass is 347 g/mol. The maximum absolute atomic E-state index is 12.5. The highest BCUT2D eigenvalue weighted by Crippen LogP contribution is 2.25. The van der Waals surface area contributed by atoms with E-state index in [4.69, 9.17) is 5.73 Å². The van der Waals surface area contributed by atoms with Crippen LogP contribution in [0, 0.1) is 13.8 Å². The molecule has 0 unspecified atom stereocenters. The van der Waals surface area contributed by atoms with Crippen LogP contribution in [0.5, 0.6) is 0 Å². The summed E-state index contributed by atoms with van der Waals surface area (Å²) in [4.78, 5) is 35.2. The van der Waals surface area contributed by atoms with Gasteiger partial charge in [0.25, 0.3) is 0 Å². The molecule has 2 aromatic heterocycles. The molecule has 0 bridgehead atoms. The molecule has 4 aromatic rings. The van der Waals surface area contributed by atoms with Crippen molar-refractivity contribution in [2.45, 2.75) is 20.4 Å². The number of nitrogen functional groups attached to an aromatic ring is 1. The summed E-state index contributed by atoms with van der Waals surface area (Å²) in [6.45, 7) is 4.07. The molecular formula is C19H17N5O2. The van der Waals surface area contributed by atoms with E-state index >= 15 is 0 Å². The van der Waals surface area contributed by atoms with Gasteiger partial charge in [0.2, 0.25) is 0 Å². The number of aromatic amines is 1. The fraction of sp³-hybridized carbons (Fsp3) is 0.158. The molecule has 0 saturated carbocycles. The zero-order valence-corrected chi connectivity index (χ0v) is 14.4. The average molecular weight is 347 g/mol. The summed E-state index contributed by atoms with van der Waals surface area (Å²) in [5, 5.41) is 1.53. The van der Waals surface area contributed by atoms with Crippen molar-refractivity contribution >= 4 is 27.6 Å². The van der Waals surface area contributed by atoms with Gasteiger partial charge in [0.1, 0.15) is 5.82 Å². The van der Waals surface area contributed by atoms with Crippen molar-refractivity contribution in [2.75, 3.05) is 5.73 Å². The maximum Gasteiger partial charge on any atom is 0.350 e. The van der Waals surface area contributed by atoms with Crippen LogP contribution in [-0.4, -0.2) is 19.5 Å². The topological polar surface area (TPSA) is 107 Å². The Morgan fingerprint density at radius 1 is 1.08 bits per heavy atom. The summed E-state index contributed by atoms with van der Waals surface area (Å²) in [6.07, 6.45) is 0. The molecule has 26 heavy (non-hydrogen) atoms. The van der Waals surface area contributed by atoms with Crippen molar-refractivity contribution < 1.29 is 0 Å². The normalized spacial score (nSPS) is 11.3. The molecule has 7 heteroatoms. The van der Waals surface area contributed by atoms with E-state index in [1.807, 2.05) is 44.2 Å². The van der Waals surface area contributed by atoms with Crippen LogP contribution in [0.1, 0.15) is 16.8 Å². The number of para-hydroxylation sites is 1. The largest absolute Gasteiger partial charge is 0.383 e. The first-order chi connectivity index (χ1) is 12.5. The molecule has 2 aromatic carbocycles. The van der Waals surface area contributed by atoms with Gasteiger partial charge in [-0.3, -0.25) is 4.57 Å². The van der Waals surface area contributed by atoms with Gasteiger partial charge >= 0.3 is 11.4 Å². The van der Waals surface area contributed by atoms with E-state index in [-0.39, 0.29) is 12.4 Å². The molecule has 0 aliphatic heterocycles. The Morgan fingerprint density at radius 3 is 2.65 bits per heavy atom. The summed E-state index contributed by atoms with van der Waals surface area (Å²) in [5.41, 5.74) is 9.00. The van der Waals surface area contributed by atoms with Crippen molar-refractivity contribution in [3.05, 3.63) is 74.2 Å². The number of anilines is 1. The fourth-order valence-electron chi connectivity index (χ4n) is 3.26. The molecule has 130 valence electrons. The van der Waals surface area contributed by atoms with E-state index in [1.54, 1.807) is 6.07 Å². The lowest BCUT2D eigenvalue weighted by atomic mass is 10.0. The zero-order chi connectivity index (χ0) is 18.4. The van der Waals surface area contributed by atoms with E-state index < -0.39 is 11.4 Å². The van der Waals surface area contributed by atoms with Crippen LogP contribution in [0.2, 0.25) is 0 Å². The first-order valence-corrected chi connectivity index (χ1v) is 8.20. The molecule has 7 nitrogen and oxygen atoms in total. The summed E-state index contributed by atoms with van der Waals surface area (Å²) < 4.78 is 1.51. The Morgan fingerprint density at radius 2 is 1.85 bits per heavy atom. The number of fused-ring (bicyclic) bond motifs is 2. The van der Waals surface area contributed by atoms with Gasteiger partial charge in [0, 0.05) is 10.8 Å². The number of H-pyrrole nitrogens is 1. The lowest BCUT2D eigenvalue weighted by molar-refractivity contribution is 0.744. The van der Waals surface area contributed by atoms with Crippen LogP contribution in [-0.2, 0) is 6.54 Å². The van der Waals surface area contributed by atoms with E-state index in [0.29, 0.717) is 16.7 Å². The maximum atomic E-state index is 12.5. The molecule has 0 fully saturated rings. The summed E-state index contributed by atoms with van der Waals surface area (Å²) >= 11 is 0. The second-order valence-electron chi connectivity index (χ2n) is 6.30. The van der Waals surface area contributed by atoms with Crippen LogP contribution < -0.4 is 17.1 Å². The standard InChI is InChI=1S/C19H17N5O2/c1-10-7-8-15-16(11(10)2)17(20)23-19(26)24(15)9-14-12-5-3-4-6-13(12)21-18(25)22-14/h3-8H,9H2,1-2H3,(H2,20,23,26)(H,21,22,25).